The normalized spacial score (nSPS) is 14.8. The van der Waals surface area contributed by atoms with E-state index in [9.17, 15) is 4.39 Å². The molecule has 1 aliphatic carbocycles. The van der Waals surface area contributed by atoms with E-state index < -0.39 is 5.82 Å². The first-order chi connectivity index (χ1) is 17.8. The van der Waals surface area contributed by atoms with Gasteiger partial charge in [0.1, 0.15) is 11.7 Å². The summed E-state index contributed by atoms with van der Waals surface area (Å²) in [4.78, 5) is 6.58. The number of nitrogens with zero attached hydrogens (tertiary/aromatic N) is 4. The van der Waals surface area contributed by atoms with Crippen LogP contribution in [0.1, 0.15) is 43.2 Å². The number of anilines is 2. The fourth-order valence-electron chi connectivity index (χ4n) is 5.01. The maximum absolute atomic E-state index is 13.9. The lowest BCUT2D eigenvalue weighted by Crippen LogP contribution is -2.25. The predicted molar refractivity (Wildman–Crippen MR) is 152 cm³/mol. The van der Waals surface area contributed by atoms with E-state index in [0.717, 1.165) is 40.9 Å². The van der Waals surface area contributed by atoms with Gasteiger partial charge in [-0.25, -0.2) is 13.9 Å². The third-order valence-electron chi connectivity index (χ3n) is 7.05. The standard InChI is InChI=1S/C29H32ClFN6/c1-18-13-22(36(2)3)10-11-23(18)19-14-27-28(34-21-7-5-4-6-8-21)24(16-33-37(27)17-19)29(32)35-26-15-20(31)9-12-25(26)30/h9-17,21,34H,4-8H2,1-3H3,(H2,32,35). The second kappa shape index (κ2) is 10.4. The Morgan fingerprint density at radius 1 is 1.14 bits per heavy atom. The molecule has 1 saturated carbocycles. The highest BCUT2D eigenvalue weighted by Gasteiger charge is 2.20. The SMILES string of the molecule is Cc1cc(N(C)C)ccc1-c1cc2c(NC3CCCCC3)c(/C(N)=N/c3cc(F)ccc3Cl)cnn2c1. The van der Waals surface area contributed by atoms with Gasteiger partial charge in [0.05, 0.1) is 33.7 Å². The lowest BCUT2D eigenvalue weighted by atomic mass is 9.95. The van der Waals surface area contributed by atoms with Gasteiger partial charge in [-0.1, -0.05) is 36.9 Å². The highest BCUT2D eigenvalue weighted by atomic mass is 35.5. The minimum atomic E-state index is -0.419. The zero-order chi connectivity index (χ0) is 26.1. The molecule has 37 heavy (non-hydrogen) atoms. The Balaban J connectivity index is 1.62. The fraction of sp³-hybridized carbons (Fsp3) is 0.310. The van der Waals surface area contributed by atoms with E-state index in [1.807, 2.05) is 24.8 Å². The molecule has 8 heteroatoms. The maximum Gasteiger partial charge on any atom is 0.135 e. The summed E-state index contributed by atoms with van der Waals surface area (Å²) in [5, 5.41) is 8.75. The van der Waals surface area contributed by atoms with E-state index in [-0.39, 0.29) is 11.5 Å². The zero-order valence-corrected chi connectivity index (χ0v) is 22.2. The van der Waals surface area contributed by atoms with Crippen molar-refractivity contribution >= 4 is 40.0 Å². The van der Waals surface area contributed by atoms with Gasteiger partial charge < -0.3 is 16.0 Å². The molecular formula is C29H32ClFN6. The summed E-state index contributed by atoms with van der Waals surface area (Å²) in [7, 11) is 4.08. The Hall–Kier alpha value is -3.58. The van der Waals surface area contributed by atoms with Crippen LogP contribution in [0.3, 0.4) is 0 Å². The van der Waals surface area contributed by atoms with Crippen LogP contribution >= 0.6 is 11.6 Å². The number of nitrogens with two attached hydrogens (primary N) is 1. The number of amidine groups is 1. The Kier molecular flexibility index (Phi) is 7.07. The van der Waals surface area contributed by atoms with Crippen LogP contribution in [0.25, 0.3) is 16.6 Å². The van der Waals surface area contributed by atoms with Crippen molar-refractivity contribution in [2.45, 2.75) is 45.1 Å². The van der Waals surface area contributed by atoms with Crippen molar-refractivity contribution in [3.05, 3.63) is 76.8 Å². The van der Waals surface area contributed by atoms with Crippen molar-refractivity contribution in [3.8, 4) is 11.1 Å². The van der Waals surface area contributed by atoms with E-state index in [1.54, 1.807) is 6.20 Å². The molecule has 5 rings (SSSR count). The second-order valence-corrected chi connectivity index (χ2v) is 10.4. The molecule has 2 heterocycles. The van der Waals surface area contributed by atoms with Gasteiger partial charge in [-0.05, 0) is 61.2 Å². The molecule has 0 unspecified atom stereocenters. The molecule has 4 aromatic rings. The van der Waals surface area contributed by atoms with Crippen LogP contribution in [0.15, 0.2) is 59.9 Å². The van der Waals surface area contributed by atoms with E-state index in [1.165, 1.54) is 43.0 Å². The van der Waals surface area contributed by atoms with Crippen LogP contribution in [-0.2, 0) is 0 Å². The summed E-state index contributed by atoms with van der Waals surface area (Å²) in [6, 6.07) is 13.0. The molecular weight excluding hydrogens is 487 g/mol. The average molecular weight is 519 g/mol. The molecule has 0 bridgehead atoms. The highest BCUT2D eigenvalue weighted by Crippen LogP contribution is 2.34. The van der Waals surface area contributed by atoms with Crippen LogP contribution < -0.4 is 16.0 Å². The minimum absolute atomic E-state index is 0.232. The first-order valence-corrected chi connectivity index (χ1v) is 13.0. The first-order valence-electron chi connectivity index (χ1n) is 12.7. The van der Waals surface area contributed by atoms with Gasteiger partial charge >= 0.3 is 0 Å². The molecule has 0 radical (unpaired) electrons. The van der Waals surface area contributed by atoms with Gasteiger partial charge in [-0.2, -0.15) is 5.10 Å². The third-order valence-corrected chi connectivity index (χ3v) is 7.37. The van der Waals surface area contributed by atoms with Crippen LogP contribution in [0.2, 0.25) is 5.02 Å². The lowest BCUT2D eigenvalue weighted by Gasteiger charge is -2.25. The number of halogens is 2. The predicted octanol–water partition coefficient (Wildman–Crippen LogP) is 6.95. The molecule has 0 aliphatic heterocycles. The smallest absolute Gasteiger partial charge is 0.135 e. The van der Waals surface area contributed by atoms with Crippen LogP contribution in [0.4, 0.5) is 21.5 Å². The van der Waals surface area contributed by atoms with Crippen LogP contribution in [0, 0.1) is 12.7 Å². The van der Waals surface area contributed by atoms with Crippen LogP contribution in [-0.4, -0.2) is 35.6 Å². The number of fused-ring (bicyclic) bond motifs is 1. The molecule has 1 fully saturated rings. The van der Waals surface area contributed by atoms with Crippen molar-refractivity contribution in [1.82, 2.24) is 9.61 Å². The highest BCUT2D eigenvalue weighted by molar-refractivity contribution is 6.33. The molecule has 3 N–H and O–H groups in total. The van der Waals surface area contributed by atoms with Crippen molar-refractivity contribution in [2.75, 3.05) is 24.3 Å². The molecule has 0 atom stereocenters. The van der Waals surface area contributed by atoms with Gasteiger partial charge in [-0.15, -0.1) is 0 Å². The fourth-order valence-corrected chi connectivity index (χ4v) is 5.17. The Labute approximate surface area is 222 Å². The molecule has 0 amide bonds. The number of aliphatic imine (C=N–C) groups is 1. The molecule has 0 saturated heterocycles. The monoisotopic (exact) mass is 518 g/mol. The Bertz CT molecular complexity index is 1470. The van der Waals surface area contributed by atoms with Crippen molar-refractivity contribution in [3.63, 3.8) is 0 Å². The van der Waals surface area contributed by atoms with Crippen LogP contribution in [0.5, 0.6) is 0 Å². The average Bonchev–Trinajstić information content (AvgIpc) is 3.31. The number of nitrogens with one attached hydrogen (secondary N) is 1. The number of aryl methyl sites for hydroxylation is 1. The molecule has 6 nitrogen and oxygen atoms in total. The zero-order valence-electron chi connectivity index (χ0n) is 21.4. The summed E-state index contributed by atoms with van der Waals surface area (Å²) >= 11 is 6.27. The minimum Gasteiger partial charge on any atom is -0.383 e. The third kappa shape index (κ3) is 5.27. The van der Waals surface area contributed by atoms with Gasteiger partial charge in [-0.3, -0.25) is 0 Å². The molecule has 192 valence electrons. The topological polar surface area (TPSA) is 70.9 Å². The molecule has 0 spiro atoms. The van der Waals surface area contributed by atoms with Gasteiger partial charge in [0, 0.05) is 43.7 Å². The number of hydrogen-bond donors (Lipinski definition) is 2. The summed E-state index contributed by atoms with van der Waals surface area (Å²) < 4.78 is 15.7. The van der Waals surface area contributed by atoms with Gasteiger partial charge in [0.15, 0.2) is 0 Å². The second-order valence-electron chi connectivity index (χ2n) is 9.96. The quantitative estimate of drug-likeness (QED) is 0.214. The summed E-state index contributed by atoms with van der Waals surface area (Å²) in [5.41, 5.74) is 13.8. The number of aromatic nitrogens is 2. The molecule has 2 aromatic heterocycles. The van der Waals surface area contributed by atoms with Crippen molar-refractivity contribution < 1.29 is 4.39 Å². The van der Waals surface area contributed by atoms with Gasteiger partial charge in [0.25, 0.3) is 0 Å². The lowest BCUT2D eigenvalue weighted by molar-refractivity contribution is 0.463. The summed E-state index contributed by atoms with van der Waals surface area (Å²) in [6.07, 6.45) is 9.60. The summed E-state index contributed by atoms with van der Waals surface area (Å²) in [5.74, 6) is -0.188. The van der Waals surface area contributed by atoms with E-state index in [0.29, 0.717) is 16.6 Å². The Morgan fingerprint density at radius 3 is 2.65 bits per heavy atom. The largest absolute Gasteiger partial charge is 0.383 e. The van der Waals surface area contributed by atoms with E-state index >= 15 is 0 Å². The summed E-state index contributed by atoms with van der Waals surface area (Å²) in [6.45, 7) is 2.12. The Morgan fingerprint density at radius 2 is 1.92 bits per heavy atom. The first kappa shape index (κ1) is 25.1. The van der Waals surface area contributed by atoms with Crippen molar-refractivity contribution in [1.29, 1.82) is 0 Å². The van der Waals surface area contributed by atoms with E-state index in [4.69, 9.17) is 17.3 Å². The molecule has 1 aliphatic rings. The number of hydrogen-bond acceptors (Lipinski definition) is 4. The van der Waals surface area contributed by atoms with Crippen molar-refractivity contribution in [2.24, 2.45) is 10.7 Å². The van der Waals surface area contributed by atoms with E-state index in [2.05, 4.69) is 51.5 Å². The maximum atomic E-state index is 13.9. The number of rotatable bonds is 6. The number of benzene rings is 2. The van der Waals surface area contributed by atoms with Gasteiger partial charge in [0.2, 0.25) is 0 Å². The molecule has 2 aromatic carbocycles.